The molecule has 0 amide bonds. The van der Waals surface area contributed by atoms with Gasteiger partial charge < -0.3 is 0 Å². The van der Waals surface area contributed by atoms with Crippen LogP contribution < -0.4 is 4.72 Å². The van der Waals surface area contributed by atoms with Crippen LogP contribution in [0.4, 0.5) is 0 Å². The number of nitrogens with zero attached hydrogens (tertiary/aromatic N) is 3. The lowest BCUT2D eigenvalue weighted by Crippen LogP contribution is -2.25. The molecule has 1 aromatic heterocycles. The van der Waals surface area contributed by atoms with E-state index in [2.05, 4.69) is 14.7 Å². The van der Waals surface area contributed by atoms with Gasteiger partial charge in [0.2, 0.25) is 10.0 Å². The highest BCUT2D eigenvalue weighted by molar-refractivity contribution is 7.88. The van der Waals surface area contributed by atoms with E-state index >= 15 is 0 Å². The van der Waals surface area contributed by atoms with Gasteiger partial charge in [-0.15, -0.1) is 0 Å². The molecule has 6 nitrogen and oxygen atoms in total. The van der Waals surface area contributed by atoms with Gasteiger partial charge in [0.15, 0.2) is 0 Å². The molecular formula is C13H12N4O2S. The maximum absolute atomic E-state index is 12.0. The largest absolute Gasteiger partial charge is 0.245 e. The van der Waals surface area contributed by atoms with E-state index in [1.54, 1.807) is 36.5 Å². The first-order valence-electron chi connectivity index (χ1n) is 5.81. The highest BCUT2D eigenvalue weighted by Gasteiger charge is 2.14. The summed E-state index contributed by atoms with van der Waals surface area (Å²) in [6.45, 7) is 0.0968. The quantitative estimate of drug-likeness (QED) is 0.884. The molecule has 102 valence electrons. The first kappa shape index (κ1) is 14.1. The zero-order valence-electron chi connectivity index (χ0n) is 10.5. The Hall–Kier alpha value is -2.30. The maximum atomic E-state index is 12.0. The van der Waals surface area contributed by atoms with Crippen molar-refractivity contribution >= 4 is 10.0 Å². The summed E-state index contributed by atoms with van der Waals surface area (Å²) >= 11 is 0. The molecule has 0 aliphatic rings. The van der Waals surface area contributed by atoms with Crippen LogP contribution in [0.3, 0.4) is 0 Å². The molecule has 0 spiro atoms. The van der Waals surface area contributed by atoms with Crippen molar-refractivity contribution in [2.24, 2.45) is 0 Å². The summed E-state index contributed by atoms with van der Waals surface area (Å²) in [6, 6.07) is 10.2. The van der Waals surface area contributed by atoms with Gasteiger partial charge in [-0.1, -0.05) is 18.2 Å². The Balaban J connectivity index is 2.06. The summed E-state index contributed by atoms with van der Waals surface area (Å²) in [5, 5.41) is 8.94. The van der Waals surface area contributed by atoms with Gasteiger partial charge in [-0.05, 0) is 17.7 Å². The molecule has 0 unspecified atom stereocenters. The lowest BCUT2D eigenvalue weighted by atomic mass is 10.1. The second-order valence-electron chi connectivity index (χ2n) is 4.05. The minimum absolute atomic E-state index is 0.0968. The molecule has 2 rings (SSSR count). The fourth-order valence-corrected chi connectivity index (χ4v) is 2.75. The van der Waals surface area contributed by atoms with Gasteiger partial charge in [0.05, 0.1) is 29.6 Å². The van der Waals surface area contributed by atoms with Crippen LogP contribution in [0.1, 0.15) is 16.8 Å². The first-order valence-corrected chi connectivity index (χ1v) is 7.46. The molecule has 0 atom stereocenters. The molecule has 0 fully saturated rings. The molecule has 0 saturated carbocycles. The average Bonchev–Trinajstić information content (AvgIpc) is 2.47. The Kier molecular flexibility index (Phi) is 4.40. The molecular weight excluding hydrogens is 276 g/mol. The van der Waals surface area contributed by atoms with E-state index in [4.69, 9.17) is 5.26 Å². The predicted octanol–water partition coefficient (Wildman–Crippen LogP) is 0.968. The molecule has 1 heterocycles. The standard InChI is InChI=1S/C13H12N4O2S/c14-7-11-3-1-2-4-12(11)9-20(18,19)17-8-13-5-6-15-10-16-13/h1-6,10,17H,8-9H2. The molecule has 2 aromatic rings. The number of sulfonamides is 1. The van der Waals surface area contributed by atoms with Crippen LogP contribution in [0.15, 0.2) is 42.9 Å². The van der Waals surface area contributed by atoms with Crippen LogP contribution >= 0.6 is 0 Å². The second-order valence-corrected chi connectivity index (χ2v) is 5.86. The third-order valence-electron chi connectivity index (χ3n) is 2.60. The van der Waals surface area contributed by atoms with E-state index in [0.717, 1.165) is 0 Å². The fraction of sp³-hybridized carbons (Fsp3) is 0.154. The van der Waals surface area contributed by atoms with E-state index in [0.29, 0.717) is 16.8 Å². The van der Waals surface area contributed by atoms with Gasteiger partial charge in [0, 0.05) is 6.20 Å². The van der Waals surface area contributed by atoms with Crippen LogP contribution in [0.2, 0.25) is 0 Å². The average molecular weight is 288 g/mol. The van der Waals surface area contributed by atoms with Gasteiger partial charge in [0.1, 0.15) is 6.33 Å². The number of nitrogens with one attached hydrogen (secondary N) is 1. The van der Waals surface area contributed by atoms with E-state index in [-0.39, 0.29) is 12.3 Å². The van der Waals surface area contributed by atoms with Crippen LogP contribution in [0.5, 0.6) is 0 Å². The lowest BCUT2D eigenvalue weighted by molar-refractivity contribution is 0.579. The minimum Gasteiger partial charge on any atom is -0.245 e. The van der Waals surface area contributed by atoms with Crippen LogP contribution in [-0.4, -0.2) is 18.4 Å². The van der Waals surface area contributed by atoms with Crippen molar-refractivity contribution < 1.29 is 8.42 Å². The Morgan fingerprint density at radius 3 is 2.75 bits per heavy atom. The Morgan fingerprint density at radius 2 is 2.05 bits per heavy atom. The number of benzene rings is 1. The number of aromatic nitrogens is 2. The molecule has 0 saturated heterocycles. The van der Waals surface area contributed by atoms with Crippen molar-refractivity contribution in [3.8, 4) is 6.07 Å². The van der Waals surface area contributed by atoms with E-state index in [1.807, 2.05) is 6.07 Å². The SMILES string of the molecule is N#Cc1ccccc1CS(=O)(=O)NCc1ccncn1. The Bertz CT molecular complexity index is 724. The van der Waals surface area contributed by atoms with Gasteiger partial charge in [0.25, 0.3) is 0 Å². The highest BCUT2D eigenvalue weighted by atomic mass is 32.2. The summed E-state index contributed by atoms with van der Waals surface area (Å²) in [5.74, 6) is -0.234. The molecule has 1 N–H and O–H groups in total. The van der Waals surface area contributed by atoms with Crippen LogP contribution in [0.25, 0.3) is 0 Å². The Morgan fingerprint density at radius 1 is 1.25 bits per heavy atom. The summed E-state index contributed by atoms with van der Waals surface area (Å²) in [5.41, 5.74) is 1.42. The zero-order valence-corrected chi connectivity index (χ0v) is 11.3. The summed E-state index contributed by atoms with van der Waals surface area (Å²) in [6.07, 6.45) is 2.90. The molecule has 0 radical (unpaired) electrons. The normalized spacial score (nSPS) is 10.9. The number of hydrogen-bond acceptors (Lipinski definition) is 5. The minimum atomic E-state index is -3.53. The zero-order chi connectivity index (χ0) is 14.4. The first-order chi connectivity index (χ1) is 9.61. The van der Waals surface area contributed by atoms with Crippen LogP contribution in [-0.2, 0) is 22.3 Å². The highest BCUT2D eigenvalue weighted by Crippen LogP contribution is 2.11. The lowest BCUT2D eigenvalue weighted by Gasteiger charge is -2.07. The van der Waals surface area contributed by atoms with Crippen molar-refractivity contribution in [1.82, 2.24) is 14.7 Å². The van der Waals surface area contributed by atoms with Crippen molar-refractivity contribution in [3.63, 3.8) is 0 Å². The molecule has 1 aromatic carbocycles. The van der Waals surface area contributed by atoms with Gasteiger partial charge >= 0.3 is 0 Å². The summed E-state index contributed by atoms with van der Waals surface area (Å²) < 4.78 is 26.4. The van der Waals surface area contributed by atoms with Crippen molar-refractivity contribution in [2.75, 3.05) is 0 Å². The Labute approximate surface area is 117 Å². The van der Waals surface area contributed by atoms with Crippen molar-refractivity contribution in [2.45, 2.75) is 12.3 Å². The van der Waals surface area contributed by atoms with Crippen LogP contribution in [0, 0.1) is 11.3 Å². The third-order valence-corrected chi connectivity index (χ3v) is 3.87. The smallest absolute Gasteiger partial charge is 0.216 e. The molecule has 0 bridgehead atoms. The topological polar surface area (TPSA) is 95.7 Å². The van der Waals surface area contributed by atoms with Gasteiger partial charge in [-0.2, -0.15) is 5.26 Å². The molecule has 0 aliphatic heterocycles. The van der Waals surface area contributed by atoms with E-state index in [9.17, 15) is 8.42 Å². The summed E-state index contributed by atoms with van der Waals surface area (Å²) in [4.78, 5) is 7.69. The van der Waals surface area contributed by atoms with Crippen molar-refractivity contribution in [3.05, 3.63) is 59.7 Å². The number of hydrogen-bond donors (Lipinski definition) is 1. The van der Waals surface area contributed by atoms with E-state index in [1.165, 1.54) is 6.33 Å². The monoisotopic (exact) mass is 288 g/mol. The summed E-state index contributed by atoms with van der Waals surface area (Å²) in [7, 11) is -3.53. The van der Waals surface area contributed by atoms with Gasteiger partial charge in [-0.25, -0.2) is 23.1 Å². The predicted molar refractivity (Wildman–Crippen MR) is 72.7 cm³/mol. The second kappa shape index (κ2) is 6.23. The molecule has 20 heavy (non-hydrogen) atoms. The fourth-order valence-electron chi connectivity index (χ4n) is 1.62. The van der Waals surface area contributed by atoms with E-state index < -0.39 is 10.0 Å². The van der Waals surface area contributed by atoms with Crippen molar-refractivity contribution in [1.29, 1.82) is 5.26 Å². The number of rotatable bonds is 5. The molecule has 7 heteroatoms. The van der Waals surface area contributed by atoms with Gasteiger partial charge in [-0.3, -0.25) is 0 Å². The third kappa shape index (κ3) is 3.85. The molecule has 0 aliphatic carbocycles. The maximum Gasteiger partial charge on any atom is 0.216 e. The number of nitriles is 1.